The van der Waals surface area contributed by atoms with Crippen LogP contribution in [0.25, 0.3) is 0 Å². The minimum atomic E-state index is -0.245. The number of nitrogens with two attached hydrogens (primary N) is 1. The quantitative estimate of drug-likeness (QED) is 0.912. The van der Waals surface area contributed by atoms with E-state index in [4.69, 9.17) is 10.5 Å². The van der Waals surface area contributed by atoms with Crippen molar-refractivity contribution in [3.05, 3.63) is 64.5 Å². The lowest BCUT2D eigenvalue weighted by Crippen LogP contribution is -2.09. The molecule has 0 unspecified atom stereocenters. The first-order chi connectivity index (χ1) is 9.47. The molecule has 0 amide bonds. The third kappa shape index (κ3) is 3.36. The van der Waals surface area contributed by atoms with Crippen LogP contribution in [0.3, 0.4) is 0 Å². The van der Waals surface area contributed by atoms with E-state index in [9.17, 15) is 4.39 Å². The van der Waals surface area contributed by atoms with E-state index in [0.717, 1.165) is 28.0 Å². The van der Waals surface area contributed by atoms with Gasteiger partial charge in [0.05, 0.1) is 0 Å². The Labute approximate surface area is 119 Å². The van der Waals surface area contributed by atoms with Gasteiger partial charge in [-0.1, -0.05) is 23.8 Å². The Hall–Kier alpha value is -1.87. The lowest BCUT2D eigenvalue weighted by Gasteiger charge is -2.15. The van der Waals surface area contributed by atoms with Crippen molar-refractivity contribution in [2.75, 3.05) is 0 Å². The predicted molar refractivity (Wildman–Crippen MR) is 79.3 cm³/mol. The zero-order valence-corrected chi connectivity index (χ0v) is 12.1. The average molecular weight is 273 g/mol. The fraction of sp³-hybridized carbons (Fsp3) is 0.294. The highest BCUT2D eigenvalue weighted by molar-refractivity contribution is 5.39. The van der Waals surface area contributed by atoms with Gasteiger partial charge in [-0.15, -0.1) is 0 Å². The molecule has 0 aliphatic rings. The van der Waals surface area contributed by atoms with Gasteiger partial charge in [-0.3, -0.25) is 0 Å². The van der Waals surface area contributed by atoms with Crippen molar-refractivity contribution in [1.29, 1.82) is 0 Å². The standard InChI is InChI=1S/C17H20FNO/c1-11-4-7-17(16(8-11)13(3)19)20-10-14-9-15(18)6-5-12(14)2/h4-9,13H,10,19H2,1-3H3/t13-/m0/s1. The van der Waals surface area contributed by atoms with E-state index >= 15 is 0 Å². The lowest BCUT2D eigenvalue weighted by molar-refractivity contribution is 0.300. The molecule has 0 spiro atoms. The summed E-state index contributed by atoms with van der Waals surface area (Å²) in [5.74, 6) is 0.514. The van der Waals surface area contributed by atoms with E-state index in [1.54, 1.807) is 6.07 Å². The number of ether oxygens (including phenoxy) is 1. The molecule has 0 saturated carbocycles. The van der Waals surface area contributed by atoms with Crippen molar-refractivity contribution in [3.8, 4) is 5.75 Å². The molecule has 3 heteroatoms. The van der Waals surface area contributed by atoms with Crippen molar-refractivity contribution in [1.82, 2.24) is 0 Å². The van der Waals surface area contributed by atoms with E-state index in [-0.39, 0.29) is 11.9 Å². The topological polar surface area (TPSA) is 35.2 Å². The number of hydrogen-bond acceptors (Lipinski definition) is 2. The van der Waals surface area contributed by atoms with Crippen LogP contribution < -0.4 is 10.5 Å². The maximum atomic E-state index is 13.3. The monoisotopic (exact) mass is 273 g/mol. The molecule has 0 fully saturated rings. The molecule has 2 N–H and O–H groups in total. The molecule has 2 rings (SSSR count). The third-order valence-electron chi connectivity index (χ3n) is 3.35. The van der Waals surface area contributed by atoms with Crippen LogP contribution in [0.15, 0.2) is 36.4 Å². The molecular weight excluding hydrogens is 253 g/mol. The summed E-state index contributed by atoms with van der Waals surface area (Å²) in [5.41, 5.74) is 9.95. The first kappa shape index (κ1) is 14.5. The largest absolute Gasteiger partial charge is 0.489 e. The van der Waals surface area contributed by atoms with Gasteiger partial charge in [0.15, 0.2) is 0 Å². The molecule has 0 radical (unpaired) electrons. The summed E-state index contributed by atoms with van der Waals surface area (Å²) in [6.07, 6.45) is 0. The summed E-state index contributed by atoms with van der Waals surface area (Å²) in [6.45, 7) is 6.23. The second-order valence-electron chi connectivity index (χ2n) is 5.19. The van der Waals surface area contributed by atoms with Crippen LogP contribution in [0, 0.1) is 19.7 Å². The van der Waals surface area contributed by atoms with Crippen LogP contribution in [-0.4, -0.2) is 0 Å². The van der Waals surface area contributed by atoms with Crippen molar-refractivity contribution in [2.45, 2.75) is 33.4 Å². The number of halogens is 1. The summed E-state index contributed by atoms with van der Waals surface area (Å²) in [5, 5.41) is 0. The first-order valence-corrected chi connectivity index (χ1v) is 6.71. The number of hydrogen-bond donors (Lipinski definition) is 1. The third-order valence-corrected chi connectivity index (χ3v) is 3.35. The molecule has 20 heavy (non-hydrogen) atoms. The van der Waals surface area contributed by atoms with E-state index in [1.165, 1.54) is 12.1 Å². The zero-order valence-electron chi connectivity index (χ0n) is 12.1. The Morgan fingerprint density at radius 2 is 1.90 bits per heavy atom. The molecule has 1 atom stereocenters. The van der Waals surface area contributed by atoms with Crippen molar-refractivity contribution < 1.29 is 9.13 Å². The predicted octanol–water partition coefficient (Wildman–Crippen LogP) is 4.04. The first-order valence-electron chi connectivity index (χ1n) is 6.71. The molecule has 0 aliphatic heterocycles. The minimum Gasteiger partial charge on any atom is -0.489 e. The molecule has 2 aromatic rings. The van der Waals surface area contributed by atoms with Gasteiger partial charge in [-0.2, -0.15) is 0 Å². The van der Waals surface area contributed by atoms with Gasteiger partial charge >= 0.3 is 0 Å². The number of benzene rings is 2. The highest BCUT2D eigenvalue weighted by Gasteiger charge is 2.09. The van der Waals surface area contributed by atoms with Crippen LogP contribution >= 0.6 is 0 Å². The minimum absolute atomic E-state index is 0.0986. The maximum absolute atomic E-state index is 13.3. The van der Waals surface area contributed by atoms with Crippen molar-refractivity contribution >= 4 is 0 Å². The number of rotatable bonds is 4. The molecular formula is C17H20FNO. The Morgan fingerprint density at radius 3 is 2.60 bits per heavy atom. The van der Waals surface area contributed by atoms with Crippen LogP contribution in [0.5, 0.6) is 5.75 Å². The van der Waals surface area contributed by atoms with Gasteiger partial charge in [0.1, 0.15) is 18.2 Å². The second-order valence-corrected chi connectivity index (χ2v) is 5.19. The summed E-state index contributed by atoms with van der Waals surface area (Å²) >= 11 is 0. The molecule has 106 valence electrons. The zero-order chi connectivity index (χ0) is 14.7. The van der Waals surface area contributed by atoms with Crippen molar-refractivity contribution in [3.63, 3.8) is 0 Å². The Balaban J connectivity index is 2.20. The van der Waals surface area contributed by atoms with Crippen molar-refractivity contribution in [2.24, 2.45) is 5.73 Å². The summed E-state index contributed by atoms with van der Waals surface area (Å²) in [4.78, 5) is 0. The van der Waals surface area contributed by atoms with Gasteiger partial charge in [-0.05, 0) is 50.1 Å². The summed E-state index contributed by atoms with van der Waals surface area (Å²) < 4.78 is 19.1. The Morgan fingerprint density at radius 1 is 1.15 bits per heavy atom. The Kier molecular flexibility index (Phi) is 4.40. The van der Waals surface area contributed by atoms with Gasteiger partial charge < -0.3 is 10.5 Å². The average Bonchev–Trinajstić information content (AvgIpc) is 2.40. The molecule has 0 aliphatic carbocycles. The molecule has 0 saturated heterocycles. The molecule has 0 aromatic heterocycles. The molecule has 2 aromatic carbocycles. The smallest absolute Gasteiger partial charge is 0.124 e. The van der Waals surface area contributed by atoms with Crippen LogP contribution in [0.1, 0.15) is 35.2 Å². The van der Waals surface area contributed by atoms with Crippen LogP contribution in [0.4, 0.5) is 4.39 Å². The fourth-order valence-corrected chi connectivity index (χ4v) is 2.11. The lowest BCUT2D eigenvalue weighted by atomic mass is 10.0. The fourth-order valence-electron chi connectivity index (χ4n) is 2.11. The van der Waals surface area contributed by atoms with E-state index < -0.39 is 0 Å². The molecule has 2 nitrogen and oxygen atoms in total. The second kappa shape index (κ2) is 6.06. The molecule has 0 heterocycles. The molecule has 0 bridgehead atoms. The highest BCUT2D eigenvalue weighted by Crippen LogP contribution is 2.26. The van der Waals surface area contributed by atoms with Gasteiger partial charge in [-0.25, -0.2) is 4.39 Å². The Bertz CT molecular complexity index is 608. The summed E-state index contributed by atoms with van der Waals surface area (Å²) in [6, 6.07) is 10.6. The van der Waals surface area contributed by atoms with Gasteiger partial charge in [0.2, 0.25) is 0 Å². The highest BCUT2D eigenvalue weighted by atomic mass is 19.1. The number of aryl methyl sites for hydroxylation is 2. The van der Waals surface area contributed by atoms with E-state index in [2.05, 4.69) is 0 Å². The van der Waals surface area contributed by atoms with E-state index in [1.807, 2.05) is 39.0 Å². The SMILES string of the molecule is Cc1ccc(OCc2cc(F)ccc2C)c([C@H](C)N)c1. The van der Waals surface area contributed by atoms with Gasteiger partial charge in [0.25, 0.3) is 0 Å². The maximum Gasteiger partial charge on any atom is 0.124 e. The van der Waals surface area contributed by atoms with Crippen LogP contribution in [0.2, 0.25) is 0 Å². The summed E-state index contributed by atoms with van der Waals surface area (Å²) in [7, 11) is 0. The van der Waals surface area contributed by atoms with Crippen LogP contribution in [-0.2, 0) is 6.61 Å². The van der Waals surface area contributed by atoms with Gasteiger partial charge in [0, 0.05) is 11.6 Å². The normalized spacial score (nSPS) is 12.2. The van der Waals surface area contributed by atoms with E-state index in [0.29, 0.717) is 6.61 Å².